The lowest BCUT2D eigenvalue weighted by Gasteiger charge is -2.27. The molecule has 0 aliphatic heterocycles. The first-order valence-electron chi connectivity index (χ1n) is 4.53. The maximum absolute atomic E-state index is 10.4. The molecule has 5 atom stereocenters. The van der Waals surface area contributed by atoms with Gasteiger partial charge in [0.25, 0.3) is 0 Å². The Kier molecular flexibility index (Phi) is 6.61. The molecular formula is C8H14O9. The minimum absolute atomic E-state index is 0.0833. The zero-order valence-electron chi connectivity index (χ0n) is 8.58. The van der Waals surface area contributed by atoms with E-state index in [2.05, 4.69) is 4.74 Å². The minimum atomic E-state index is -2.07. The maximum atomic E-state index is 10.4. The van der Waals surface area contributed by atoms with E-state index in [1.807, 2.05) is 0 Å². The van der Waals surface area contributed by atoms with Crippen LogP contribution in [0.3, 0.4) is 0 Å². The van der Waals surface area contributed by atoms with Crippen molar-refractivity contribution in [1.82, 2.24) is 0 Å². The number of aliphatic hydroxyl groups excluding tert-OH is 5. The molecule has 0 saturated carbocycles. The van der Waals surface area contributed by atoms with Gasteiger partial charge in [0, 0.05) is 0 Å². The van der Waals surface area contributed by atoms with Crippen molar-refractivity contribution in [2.75, 3.05) is 6.61 Å². The van der Waals surface area contributed by atoms with Crippen LogP contribution < -0.4 is 0 Å². The summed E-state index contributed by atoms with van der Waals surface area (Å²) in [5, 5.41) is 53.5. The summed E-state index contributed by atoms with van der Waals surface area (Å²) in [6.07, 6.45) is -11.7. The van der Waals surface area contributed by atoms with Crippen LogP contribution in [0.15, 0.2) is 0 Å². The highest BCUT2D eigenvalue weighted by Crippen LogP contribution is 2.10. The van der Waals surface area contributed by atoms with E-state index < -0.39 is 43.3 Å². The fourth-order valence-electron chi connectivity index (χ4n) is 1.03. The van der Waals surface area contributed by atoms with E-state index in [0.29, 0.717) is 0 Å². The van der Waals surface area contributed by atoms with Gasteiger partial charge in [-0.25, -0.2) is 4.79 Å². The monoisotopic (exact) mass is 254 g/mol. The SMILES string of the molecule is O=CC(OC(=O)O)C(O)C(O)C(O)C(O)CO. The van der Waals surface area contributed by atoms with Gasteiger partial charge in [0.1, 0.15) is 24.4 Å². The van der Waals surface area contributed by atoms with E-state index >= 15 is 0 Å². The number of rotatable bonds is 7. The van der Waals surface area contributed by atoms with Gasteiger partial charge >= 0.3 is 6.16 Å². The Balaban J connectivity index is 4.59. The molecule has 0 bridgehead atoms. The summed E-state index contributed by atoms with van der Waals surface area (Å²) < 4.78 is 3.93. The number of carbonyl (C=O) groups excluding carboxylic acids is 1. The topological polar surface area (TPSA) is 165 Å². The zero-order valence-corrected chi connectivity index (χ0v) is 8.58. The van der Waals surface area contributed by atoms with E-state index in [-0.39, 0.29) is 6.29 Å². The largest absolute Gasteiger partial charge is 0.506 e. The van der Waals surface area contributed by atoms with E-state index in [9.17, 15) is 24.9 Å². The van der Waals surface area contributed by atoms with Gasteiger partial charge in [0.05, 0.1) is 6.61 Å². The van der Waals surface area contributed by atoms with Gasteiger partial charge in [-0.15, -0.1) is 0 Å². The van der Waals surface area contributed by atoms with Crippen molar-refractivity contribution in [2.24, 2.45) is 0 Å². The molecule has 0 aromatic rings. The Morgan fingerprint density at radius 2 is 1.65 bits per heavy atom. The smallest absolute Gasteiger partial charge is 0.450 e. The van der Waals surface area contributed by atoms with Gasteiger partial charge in [-0.1, -0.05) is 0 Å². The van der Waals surface area contributed by atoms with E-state index in [1.165, 1.54) is 0 Å². The highest BCUT2D eigenvalue weighted by atomic mass is 16.7. The lowest BCUT2D eigenvalue weighted by Crippen LogP contribution is -2.51. The number of carbonyl (C=O) groups is 2. The summed E-state index contributed by atoms with van der Waals surface area (Å²) in [5.74, 6) is 0. The fraction of sp³-hybridized carbons (Fsp3) is 0.750. The molecule has 0 spiro atoms. The second kappa shape index (κ2) is 7.14. The van der Waals surface area contributed by atoms with Crippen molar-refractivity contribution in [2.45, 2.75) is 30.5 Å². The van der Waals surface area contributed by atoms with Crippen LogP contribution in [0.1, 0.15) is 0 Å². The summed E-state index contributed by atoms with van der Waals surface area (Å²) in [4.78, 5) is 20.5. The first-order chi connectivity index (χ1) is 7.84. The van der Waals surface area contributed by atoms with Crippen LogP contribution in [0.4, 0.5) is 4.79 Å². The molecule has 0 fully saturated rings. The predicted octanol–water partition coefficient (Wildman–Crippen LogP) is -3.32. The van der Waals surface area contributed by atoms with Crippen molar-refractivity contribution < 1.29 is 45.0 Å². The fourth-order valence-corrected chi connectivity index (χ4v) is 1.03. The number of aldehydes is 1. The molecule has 6 N–H and O–H groups in total. The molecule has 0 aromatic carbocycles. The van der Waals surface area contributed by atoms with Gasteiger partial charge in [-0.05, 0) is 0 Å². The number of hydrogen-bond acceptors (Lipinski definition) is 8. The van der Waals surface area contributed by atoms with Crippen molar-refractivity contribution in [1.29, 1.82) is 0 Å². The lowest BCUT2D eigenvalue weighted by atomic mass is 10.00. The van der Waals surface area contributed by atoms with Gasteiger partial charge in [-0.2, -0.15) is 0 Å². The maximum Gasteiger partial charge on any atom is 0.506 e. The van der Waals surface area contributed by atoms with Gasteiger partial charge in [0.15, 0.2) is 12.4 Å². The van der Waals surface area contributed by atoms with Crippen LogP contribution in [0, 0.1) is 0 Å². The molecule has 17 heavy (non-hydrogen) atoms. The molecule has 0 rings (SSSR count). The third kappa shape index (κ3) is 4.63. The summed E-state index contributed by atoms with van der Waals surface area (Å²) in [6.45, 7) is -0.892. The Labute approximate surface area is 95.5 Å². The van der Waals surface area contributed by atoms with Crippen LogP contribution >= 0.6 is 0 Å². The van der Waals surface area contributed by atoms with E-state index in [1.54, 1.807) is 0 Å². The lowest BCUT2D eigenvalue weighted by molar-refractivity contribution is -0.150. The first-order valence-corrected chi connectivity index (χ1v) is 4.53. The second-order valence-corrected chi connectivity index (χ2v) is 3.21. The van der Waals surface area contributed by atoms with E-state index in [0.717, 1.165) is 0 Å². The summed E-state index contributed by atoms with van der Waals surface area (Å²) in [7, 11) is 0. The average molecular weight is 254 g/mol. The van der Waals surface area contributed by atoms with Crippen molar-refractivity contribution >= 4 is 12.4 Å². The van der Waals surface area contributed by atoms with Gasteiger partial charge in [0.2, 0.25) is 0 Å². The highest BCUT2D eigenvalue weighted by molar-refractivity contribution is 5.65. The molecule has 0 radical (unpaired) electrons. The molecule has 0 amide bonds. The Morgan fingerprint density at radius 1 is 1.12 bits per heavy atom. The van der Waals surface area contributed by atoms with Crippen LogP contribution in [-0.4, -0.2) is 80.2 Å². The summed E-state index contributed by atoms with van der Waals surface area (Å²) in [6, 6.07) is 0. The zero-order chi connectivity index (χ0) is 13.6. The number of aliphatic hydroxyl groups is 5. The molecule has 0 aliphatic rings. The third-order valence-corrected chi connectivity index (χ3v) is 1.99. The van der Waals surface area contributed by atoms with Crippen molar-refractivity contribution in [3.05, 3.63) is 0 Å². The average Bonchev–Trinajstić information content (AvgIpc) is 2.31. The molecule has 5 unspecified atom stereocenters. The molecule has 9 heteroatoms. The molecule has 100 valence electrons. The Bertz CT molecular complexity index is 255. The van der Waals surface area contributed by atoms with Crippen LogP contribution in [0.25, 0.3) is 0 Å². The summed E-state index contributed by atoms with van der Waals surface area (Å²) in [5.41, 5.74) is 0. The minimum Gasteiger partial charge on any atom is -0.450 e. The number of ether oxygens (including phenoxy) is 1. The van der Waals surface area contributed by atoms with Crippen LogP contribution in [0.5, 0.6) is 0 Å². The molecule has 0 aliphatic carbocycles. The Hall–Kier alpha value is -1.26. The Morgan fingerprint density at radius 3 is 2.00 bits per heavy atom. The molecule has 9 nitrogen and oxygen atoms in total. The number of hydrogen-bond donors (Lipinski definition) is 6. The first kappa shape index (κ1) is 15.7. The molecule has 0 saturated heterocycles. The van der Waals surface area contributed by atoms with E-state index in [4.69, 9.17) is 15.3 Å². The molecular weight excluding hydrogens is 240 g/mol. The molecule has 0 aromatic heterocycles. The normalized spacial score (nSPS) is 19.8. The van der Waals surface area contributed by atoms with Crippen molar-refractivity contribution in [3.8, 4) is 0 Å². The van der Waals surface area contributed by atoms with Gasteiger partial charge < -0.3 is 35.4 Å². The number of carboxylic acid groups (broad SMARTS) is 1. The standard InChI is InChI=1S/C8H14O9/c9-1-3(11)5(12)7(14)6(13)4(2-10)17-8(15)16/h2-7,9,11-14H,1H2,(H,15,16). The molecule has 0 heterocycles. The van der Waals surface area contributed by atoms with Crippen LogP contribution in [0.2, 0.25) is 0 Å². The third-order valence-electron chi connectivity index (χ3n) is 1.99. The van der Waals surface area contributed by atoms with Gasteiger partial charge in [-0.3, -0.25) is 4.79 Å². The second-order valence-electron chi connectivity index (χ2n) is 3.21. The highest BCUT2D eigenvalue weighted by Gasteiger charge is 2.36. The predicted molar refractivity (Wildman–Crippen MR) is 50.1 cm³/mol. The van der Waals surface area contributed by atoms with Crippen molar-refractivity contribution in [3.63, 3.8) is 0 Å². The quantitative estimate of drug-likeness (QED) is 0.201. The van der Waals surface area contributed by atoms with Crippen LogP contribution in [-0.2, 0) is 9.53 Å². The summed E-state index contributed by atoms with van der Waals surface area (Å²) >= 11 is 0.